The average Bonchev–Trinajstić information content (AvgIpc) is 3.03. The van der Waals surface area contributed by atoms with E-state index in [-0.39, 0.29) is 10.8 Å². The van der Waals surface area contributed by atoms with E-state index in [0.717, 1.165) is 16.7 Å². The van der Waals surface area contributed by atoms with Gasteiger partial charge in [-0.25, -0.2) is 4.68 Å². The lowest BCUT2D eigenvalue weighted by Crippen LogP contribution is -2.15. The van der Waals surface area contributed by atoms with E-state index in [1.807, 2.05) is 50.2 Å². The summed E-state index contributed by atoms with van der Waals surface area (Å²) in [6.45, 7) is 3.71. The molecule has 0 bridgehead atoms. The average molecular weight is 501 g/mol. The molecule has 0 spiro atoms. The van der Waals surface area contributed by atoms with Crippen LogP contribution in [0.3, 0.4) is 0 Å². The van der Waals surface area contributed by atoms with E-state index in [9.17, 15) is 8.42 Å². The smallest absolute Gasteiger partial charge is 0.340 e. The van der Waals surface area contributed by atoms with Crippen molar-refractivity contribution in [2.45, 2.75) is 24.7 Å². The van der Waals surface area contributed by atoms with Crippen molar-refractivity contribution in [3.63, 3.8) is 0 Å². The number of aryl methyl sites for hydroxylation is 3. The summed E-state index contributed by atoms with van der Waals surface area (Å²) in [7, 11) is -2.44. The van der Waals surface area contributed by atoms with E-state index in [2.05, 4.69) is 5.10 Å². The fraction of sp³-hybridized carbons (Fsp3) is 0.160. The van der Waals surface area contributed by atoms with Crippen LogP contribution in [-0.4, -0.2) is 18.2 Å². The van der Waals surface area contributed by atoms with Gasteiger partial charge in [0.15, 0.2) is 0 Å². The van der Waals surface area contributed by atoms with Crippen molar-refractivity contribution in [3.8, 4) is 5.88 Å². The minimum Gasteiger partial charge on any atom is -0.358 e. The van der Waals surface area contributed by atoms with Crippen LogP contribution in [-0.2, 0) is 17.2 Å². The van der Waals surface area contributed by atoms with Crippen molar-refractivity contribution < 1.29 is 12.6 Å². The summed E-state index contributed by atoms with van der Waals surface area (Å²) >= 11 is 12.8. The molecule has 0 aliphatic heterocycles. The molecule has 0 saturated heterocycles. The Balaban J connectivity index is 1.90. The number of hydrogen-bond acceptors (Lipinski definition) is 4. The van der Waals surface area contributed by atoms with Gasteiger partial charge in [0.25, 0.3) is 0 Å². The molecule has 1 unspecified atom stereocenters. The lowest BCUT2D eigenvalue weighted by Gasteiger charge is -2.21. The molecule has 0 saturated carbocycles. The second-order valence-electron chi connectivity index (χ2n) is 7.79. The molecule has 1 heterocycles. The molecule has 4 rings (SSSR count). The van der Waals surface area contributed by atoms with E-state index in [1.165, 1.54) is 16.8 Å². The van der Waals surface area contributed by atoms with E-state index in [0.29, 0.717) is 21.3 Å². The van der Waals surface area contributed by atoms with E-state index in [1.54, 1.807) is 31.3 Å². The third-order valence-corrected chi connectivity index (χ3v) is 7.20. The molecule has 8 heteroatoms. The second kappa shape index (κ2) is 9.21. The first kappa shape index (κ1) is 23.4. The Kier molecular flexibility index (Phi) is 6.52. The minimum atomic E-state index is -4.09. The number of rotatable bonds is 6. The maximum absolute atomic E-state index is 13.1. The van der Waals surface area contributed by atoms with Crippen LogP contribution in [0.2, 0.25) is 10.0 Å². The first-order valence-electron chi connectivity index (χ1n) is 10.2. The summed E-state index contributed by atoms with van der Waals surface area (Å²) in [5, 5.41) is 5.46. The summed E-state index contributed by atoms with van der Waals surface area (Å²) in [4.78, 5) is 0.0682. The third kappa shape index (κ3) is 4.78. The summed E-state index contributed by atoms with van der Waals surface area (Å²) in [6.07, 6.45) is 0. The number of benzene rings is 3. The van der Waals surface area contributed by atoms with Gasteiger partial charge in [0.1, 0.15) is 4.90 Å². The first-order chi connectivity index (χ1) is 15.7. The Labute approximate surface area is 203 Å². The predicted molar refractivity (Wildman–Crippen MR) is 131 cm³/mol. The highest BCUT2D eigenvalue weighted by Crippen LogP contribution is 2.42. The highest BCUT2D eigenvalue weighted by atomic mass is 35.5. The van der Waals surface area contributed by atoms with Crippen molar-refractivity contribution in [2.75, 3.05) is 0 Å². The standard InChI is InChI=1S/C25H22Cl2N2O3S/c1-16-9-12-20(13-10-16)33(30,31)32-25-23(17(2)28-29(25)3)24(18-7-5-4-6-8-18)21-14-11-19(26)15-22(21)27/h4-15,24H,1-3H3. The SMILES string of the molecule is Cc1ccc(S(=O)(=O)Oc2c(C(c3ccccc3)c3ccc(Cl)cc3Cl)c(C)nn2C)cc1. The topological polar surface area (TPSA) is 61.2 Å². The van der Waals surface area contributed by atoms with Gasteiger partial charge in [-0.1, -0.05) is 77.3 Å². The van der Waals surface area contributed by atoms with Crippen molar-refractivity contribution in [2.24, 2.45) is 7.05 Å². The van der Waals surface area contributed by atoms with E-state index in [4.69, 9.17) is 27.4 Å². The highest BCUT2D eigenvalue weighted by Gasteiger charge is 2.31. The van der Waals surface area contributed by atoms with Gasteiger partial charge >= 0.3 is 10.1 Å². The zero-order chi connectivity index (χ0) is 23.8. The van der Waals surface area contributed by atoms with E-state index < -0.39 is 16.0 Å². The Morgan fingerprint density at radius 3 is 2.24 bits per heavy atom. The largest absolute Gasteiger partial charge is 0.358 e. The fourth-order valence-corrected chi connectivity index (χ4v) is 5.31. The van der Waals surface area contributed by atoms with Crippen LogP contribution < -0.4 is 4.18 Å². The molecule has 3 aromatic carbocycles. The summed E-state index contributed by atoms with van der Waals surface area (Å²) in [5.74, 6) is -0.291. The minimum absolute atomic E-state index is 0.0682. The van der Waals surface area contributed by atoms with Gasteiger partial charge in [0.05, 0.1) is 11.3 Å². The second-order valence-corrected chi connectivity index (χ2v) is 10.2. The molecular formula is C25H22Cl2N2O3S. The van der Waals surface area contributed by atoms with Gasteiger partial charge in [-0.2, -0.15) is 13.5 Å². The third-order valence-electron chi connectivity index (χ3n) is 5.41. The van der Waals surface area contributed by atoms with Crippen molar-refractivity contribution >= 4 is 33.3 Å². The Bertz CT molecular complexity index is 1400. The van der Waals surface area contributed by atoms with Crippen LogP contribution in [0.15, 0.2) is 77.7 Å². The predicted octanol–water partition coefficient (Wildman–Crippen LogP) is 6.29. The number of nitrogens with zero attached hydrogens (tertiary/aromatic N) is 2. The van der Waals surface area contributed by atoms with Crippen molar-refractivity contribution in [3.05, 3.63) is 111 Å². The normalized spacial score (nSPS) is 12.5. The van der Waals surface area contributed by atoms with E-state index >= 15 is 0 Å². The van der Waals surface area contributed by atoms with Crippen molar-refractivity contribution in [1.29, 1.82) is 0 Å². The van der Waals surface area contributed by atoms with Gasteiger partial charge < -0.3 is 4.18 Å². The van der Waals surface area contributed by atoms with Gasteiger partial charge in [-0.05, 0) is 49.2 Å². The molecule has 170 valence electrons. The molecule has 0 N–H and O–H groups in total. The summed E-state index contributed by atoms with van der Waals surface area (Å²) in [6, 6.07) is 21.4. The summed E-state index contributed by atoms with van der Waals surface area (Å²) < 4.78 is 33.4. The molecule has 0 amide bonds. The molecule has 0 radical (unpaired) electrons. The van der Waals surface area contributed by atoms with Gasteiger partial charge in [0.2, 0.25) is 5.88 Å². The number of aromatic nitrogens is 2. The molecule has 4 aromatic rings. The molecule has 33 heavy (non-hydrogen) atoms. The van der Waals surface area contributed by atoms with Crippen LogP contribution >= 0.6 is 23.2 Å². The van der Waals surface area contributed by atoms with Crippen LogP contribution in [0.25, 0.3) is 0 Å². The monoisotopic (exact) mass is 500 g/mol. The Morgan fingerprint density at radius 2 is 1.61 bits per heavy atom. The van der Waals surface area contributed by atoms with Gasteiger partial charge in [-0.15, -0.1) is 0 Å². The molecular weight excluding hydrogens is 479 g/mol. The molecule has 0 aliphatic carbocycles. The quantitative estimate of drug-likeness (QED) is 0.291. The van der Waals surface area contributed by atoms with Crippen LogP contribution in [0.4, 0.5) is 0 Å². The maximum atomic E-state index is 13.1. The highest BCUT2D eigenvalue weighted by molar-refractivity contribution is 7.87. The van der Waals surface area contributed by atoms with Crippen LogP contribution in [0.5, 0.6) is 5.88 Å². The molecule has 5 nitrogen and oxygen atoms in total. The lowest BCUT2D eigenvalue weighted by atomic mass is 9.85. The van der Waals surface area contributed by atoms with Crippen LogP contribution in [0.1, 0.15) is 33.9 Å². The van der Waals surface area contributed by atoms with Gasteiger partial charge in [0, 0.05) is 23.0 Å². The Morgan fingerprint density at radius 1 is 0.939 bits per heavy atom. The molecule has 0 aliphatic rings. The number of hydrogen-bond donors (Lipinski definition) is 0. The molecule has 0 fully saturated rings. The zero-order valence-electron chi connectivity index (χ0n) is 18.3. The zero-order valence-corrected chi connectivity index (χ0v) is 20.6. The fourth-order valence-electron chi connectivity index (χ4n) is 3.82. The lowest BCUT2D eigenvalue weighted by molar-refractivity contribution is 0.451. The molecule has 1 aromatic heterocycles. The van der Waals surface area contributed by atoms with Crippen molar-refractivity contribution in [1.82, 2.24) is 9.78 Å². The Hall–Kier alpha value is -2.80. The molecule has 1 atom stereocenters. The summed E-state index contributed by atoms with van der Waals surface area (Å²) in [5.41, 5.74) is 3.87. The first-order valence-corrected chi connectivity index (χ1v) is 12.4. The number of halogens is 2. The van der Waals surface area contributed by atoms with Gasteiger partial charge in [-0.3, -0.25) is 0 Å². The maximum Gasteiger partial charge on any atom is 0.340 e. The van der Waals surface area contributed by atoms with Crippen LogP contribution in [0, 0.1) is 13.8 Å².